The van der Waals surface area contributed by atoms with Gasteiger partial charge in [-0.15, -0.1) is 0 Å². The maximum absolute atomic E-state index is 4.49. The molecular weight excluding hydrogens is 320 g/mol. The molecule has 138 valence electrons. The average Bonchev–Trinajstić information content (AvgIpc) is 2.71. The van der Waals surface area contributed by atoms with Crippen LogP contribution in [0.5, 0.6) is 0 Å². The van der Waals surface area contributed by atoms with E-state index < -0.39 is 0 Å². The number of piperazine rings is 1. The SMILES string of the molecule is c1ccc(C[NH+]2CCC([NH+]3CC[NH+](Cc4ccccn4)CC3)CC2)cc1. The minimum atomic E-state index is 0.894. The van der Waals surface area contributed by atoms with Gasteiger partial charge >= 0.3 is 0 Å². The molecule has 0 bridgehead atoms. The molecule has 2 aromatic rings. The molecule has 0 saturated carbocycles. The van der Waals surface area contributed by atoms with Crippen molar-refractivity contribution in [2.24, 2.45) is 0 Å². The molecule has 2 fully saturated rings. The lowest BCUT2D eigenvalue weighted by Gasteiger charge is -2.37. The Bertz CT molecular complexity index is 585. The molecule has 4 nitrogen and oxygen atoms in total. The molecule has 1 aromatic carbocycles. The summed E-state index contributed by atoms with van der Waals surface area (Å²) in [6, 6.07) is 18.2. The third-order valence-electron chi connectivity index (χ3n) is 6.32. The third kappa shape index (κ3) is 4.70. The van der Waals surface area contributed by atoms with Gasteiger partial charge in [0.1, 0.15) is 39.3 Å². The number of aromatic nitrogens is 1. The second-order valence-electron chi connectivity index (χ2n) is 8.09. The molecule has 4 rings (SSSR count). The van der Waals surface area contributed by atoms with Gasteiger partial charge in [-0.1, -0.05) is 36.4 Å². The number of hydrogen-bond acceptors (Lipinski definition) is 1. The van der Waals surface area contributed by atoms with Crippen LogP contribution in [0.3, 0.4) is 0 Å². The van der Waals surface area contributed by atoms with E-state index in [9.17, 15) is 0 Å². The number of nitrogens with zero attached hydrogens (tertiary/aromatic N) is 1. The lowest BCUT2D eigenvalue weighted by molar-refractivity contribution is -1.04. The van der Waals surface area contributed by atoms with E-state index in [0.717, 1.165) is 12.6 Å². The first kappa shape index (κ1) is 17.7. The highest BCUT2D eigenvalue weighted by molar-refractivity contribution is 5.13. The summed E-state index contributed by atoms with van der Waals surface area (Å²) in [5.74, 6) is 0. The number of benzene rings is 1. The Morgan fingerprint density at radius 3 is 2.12 bits per heavy atom. The van der Waals surface area contributed by atoms with Crippen molar-refractivity contribution in [1.29, 1.82) is 0 Å². The van der Waals surface area contributed by atoms with Gasteiger partial charge in [0.2, 0.25) is 0 Å². The van der Waals surface area contributed by atoms with E-state index in [1.165, 1.54) is 69.9 Å². The lowest BCUT2D eigenvalue weighted by atomic mass is 10.0. The summed E-state index contributed by atoms with van der Waals surface area (Å²) in [5.41, 5.74) is 2.73. The molecule has 2 aliphatic rings. The van der Waals surface area contributed by atoms with Crippen molar-refractivity contribution in [1.82, 2.24) is 4.98 Å². The molecule has 3 N–H and O–H groups in total. The molecule has 3 heterocycles. The van der Waals surface area contributed by atoms with Gasteiger partial charge in [0.05, 0.1) is 24.8 Å². The van der Waals surface area contributed by atoms with Crippen molar-refractivity contribution in [3.8, 4) is 0 Å². The van der Waals surface area contributed by atoms with Gasteiger partial charge < -0.3 is 14.7 Å². The van der Waals surface area contributed by atoms with Crippen molar-refractivity contribution in [3.63, 3.8) is 0 Å². The summed E-state index contributed by atoms with van der Waals surface area (Å²) in [6.45, 7) is 10.2. The predicted octanol–water partition coefficient (Wildman–Crippen LogP) is -1.39. The minimum absolute atomic E-state index is 0.894. The normalized spacial score (nSPS) is 29.4. The molecule has 0 radical (unpaired) electrons. The van der Waals surface area contributed by atoms with Gasteiger partial charge in [0, 0.05) is 24.6 Å². The monoisotopic (exact) mass is 353 g/mol. The first-order valence-electron chi connectivity index (χ1n) is 10.3. The van der Waals surface area contributed by atoms with Gasteiger partial charge in [-0.25, -0.2) is 0 Å². The molecule has 0 amide bonds. The van der Waals surface area contributed by atoms with Crippen molar-refractivity contribution in [2.75, 3.05) is 39.3 Å². The van der Waals surface area contributed by atoms with E-state index in [1.807, 2.05) is 17.2 Å². The first-order valence-corrected chi connectivity index (χ1v) is 10.3. The lowest BCUT2D eigenvalue weighted by Crippen LogP contribution is -3.30. The van der Waals surface area contributed by atoms with Crippen LogP contribution in [0.1, 0.15) is 24.1 Å². The van der Waals surface area contributed by atoms with Crippen molar-refractivity contribution < 1.29 is 14.7 Å². The van der Waals surface area contributed by atoms with E-state index in [4.69, 9.17) is 0 Å². The molecule has 0 unspecified atom stereocenters. The van der Waals surface area contributed by atoms with Crippen LogP contribution in [0.25, 0.3) is 0 Å². The molecule has 26 heavy (non-hydrogen) atoms. The van der Waals surface area contributed by atoms with Gasteiger partial charge in [0.25, 0.3) is 0 Å². The van der Waals surface area contributed by atoms with E-state index in [1.54, 1.807) is 9.80 Å². The molecule has 0 atom stereocenters. The Labute approximate surface area is 157 Å². The van der Waals surface area contributed by atoms with Crippen molar-refractivity contribution in [2.45, 2.75) is 32.0 Å². The van der Waals surface area contributed by atoms with Gasteiger partial charge in [0.15, 0.2) is 0 Å². The van der Waals surface area contributed by atoms with E-state index in [0.29, 0.717) is 0 Å². The summed E-state index contributed by atoms with van der Waals surface area (Å²) in [5, 5.41) is 0. The quantitative estimate of drug-likeness (QED) is 0.607. The summed E-state index contributed by atoms with van der Waals surface area (Å²) in [7, 11) is 0. The third-order valence-corrected chi connectivity index (χ3v) is 6.32. The van der Waals surface area contributed by atoms with Crippen LogP contribution in [-0.4, -0.2) is 50.3 Å². The topological polar surface area (TPSA) is 26.2 Å². The Balaban J connectivity index is 1.20. The molecule has 0 aliphatic carbocycles. The van der Waals surface area contributed by atoms with E-state index in [-0.39, 0.29) is 0 Å². The summed E-state index contributed by atoms with van der Waals surface area (Å²) in [6.07, 6.45) is 4.71. The maximum Gasteiger partial charge on any atom is 0.127 e. The standard InChI is InChI=1S/C22H30N4/c1-2-6-20(7-3-1)18-24-12-9-22(10-13-24)26-16-14-25(15-17-26)19-21-8-4-5-11-23-21/h1-8,11,22H,9-10,12-19H2/p+3. The van der Waals surface area contributed by atoms with Crippen LogP contribution >= 0.6 is 0 Å². The van der Waals surface area contributed by atoms with Crippen LogP contribution in [0.15, 0.2) is 54.7 Å². The predicted molar refractivity (Wildman–Crippen MR) is 103 cm³/mol. The minimum Gasteiger partial charge on any atom is -0.331 e. The first-order chi connectivity index (χ1) is 12.9. The van der Waals surface area contributed by atoms with Crippen LogP contribution in [-0.2, 0) is 13.1 Å². The van der Waals surface area contributed by atoms with Crippen molar-refractivity contribution >= 4 is 0 Å². The molecule has 2 aliphatic heterocycles. The Morgan fingerprint density at radius 1 is 0.731 bits per heavy atom. The summed E-state index contributed by atoms with van der Waals surface area (Å²) < 4.78 is 0. The molecular formula is C22H33N4+3. The number of rotatable bonds is 5. The molecule has 4 heteroatoms. The van der Waals surface area contributed by atoms with Crippen LogP contribution in [0.4, 0.5) is 0 Å². The highest BCUT2D eigenvalue weighted by Crippen LogP contribution is 2.00. The zero-order valence-corrected chi connectivity index (χ0v) is 15.8. The van der Waals surface area contributed by atoms with Crippen LogP contribution < -0.4 is 14.7 Å². The van der Waals surface area contributed by atoms with E-state index >= 15 is 0 Å². The fourth-order valence-corrected chi connectivity index (χ4v) is 4.76. The number of quaternary nitrogens is 3. The largest absolute Gasteiger partial charge is 0.331 e. The maximum atomic E-state index is 4.49. The average molecular weight is 354 g/mol. The summed E-state index contributed by atoms with van der Waals surface area (Å²) in [4.78, 5) is 9.84. The van der Waals surface area contributed by atoms with Gasteiger partial charge in [-0.2, -0.15) is 0 Å². The zero-order chi connectivity index (χ0) is 17.6. The van der Waals surface area contributed by atoms with Gasteiger partial charge in [-0.3, -0.25) is 4.98 Å². The highest BCUT2D eigenvalue weighted by atomic mass is 15.3. The Hall–Kier alpha value is -1.75. The fraction of sp³-hybridized carbons (Fsp3) is 0.500. The van der Waals surface area contributed by atoms with Crippen molar-refractivity contribution in [3.05, 3.63) is 66.0 Å². The van der Waals surface area contributed by atoms with Gasteiger partial charge in [-0.05, 0) is 12.1 Å². The number of pyridine rings is 1. The number of likely N-dealkylation sites (tertiary alicyclic amines) is 1. The molecule has 0 spiro atoms. The number of piperidine rings is 1. The second kappa shape index (κ2) is 8.76. The zero-order valence-electron chi connectivity index (χ0n) is 15.8. The van der Waals surface area contributed by atoms with E-state index in [2.05, 4.69) is 47.4 Å². The number of nitrogens with one attached hydrogen (secondary N) is 3. The Kier molecular flexibility index (Phi) is 5.95. The fourth-order valence-electron chi connectivity index (χ4n) is 4.76. The smallest absolute Gasteiger partial charge is 0.127 e. The molecule has 2 saturated heterocycles. The van der Waals surface area contributed by atoms with Crippen LogP contribution in [0.2, 0.25) is 0 Å². The van der Waals surface area contributed by atoms with Crippen LogP contribution in [0, 0.1) is 0 Å². The highest BCUT2D eigenvalue weighted by Gasteiger charge is 2.33. The Morgan fingerprint density at radius 2 is 1.42 bits per heavy atom. The summed E-state index contributed by atoms with van der Waals surface area (Å²) >= 11 is 0. The second-order valence-corrected chi connectivity index (χ2v) is 8.09. The molecule has 1 aromatic heterocycles. The number of hydrogen-bond donors (Lipinski definition) is 3.